The third-order valence-corrected chi connectivity index (χ3v) is 4.22. The van der Waals surface area contributed by atoms with E-state index in [2.05, 4.69) is 22.9 Å². The van der Waals surface area contributed by atoms with Crippen molar-refractivity contribution in [1.82, 2.24) is 0 Å². The van der Waals surface area contributed by atoms with Crippen LogP contribution in [-0.4, -0.2) is 13.6 Å². The molecule has 0 saturated heterocycles. The van der Waals surface area contributed by atoms with Crippen molar-refractivity contribution in [2.24, 2.45) is 5.92 Å². The Bertz CT molecular complexity index is 367. The minimum atomic E-state index is 0.125. The van der Waals surface area contributed by atoms with E-state index in [0.717, 1.165) is 29.5 Å². The number of carbonyl (C=O) groups is 1. The Labute approximate surface area is 127 Å². The molecule has 1 fully saturated rings. The smallest absolute Gasteiger partial charge is 0.155 e. The number of allylic oxidation sites excluding steroid dienone is 3. The molecule has 0 aromatic heterocycles. The third kappa shape index (κ3) is 5.68. The molecule has 0 unspecified atom stereocenters. The number of carbonyl (C=O) groups excluding carboxylic acids is 1. The van der Waals surface area contributed by atoms with Crippen molar-refractivity contribution in [3.63, 3.8) is 0 Å². The van der Waals surface area contributed by atoms with E-state index in [1.54, 1.807) is 6.92 Å². The van der Waals surface area contributed by atoms with Gasteiger partial charge < -0.3 is 0 Å². The summed E-state index contributed by atoms with van der Waals surface area (Å²) in [6.45, 7) is 3.84. The molecule has 0 aromatic carbocycles. The van der Waals surface area contributed by atoms with E-state index in [1.807, 2.05) is 4.99 Å². The predicted octanol–water partition coefficient (Wildman–Crippen LogP) is 5.05. The summed E-state index contributed by atoms with van der Waals surface area (Å²) in [5.74, 6) is 0.689. The van der Waals surface area contributed by atoms with Crippen LogP contribution in [0, 0.1) is 5.92 Å². The molecular weight excluding hydrogens is 299 g/mol. The number of hydrogen-bond acceptors (Lipinski definition) is 1. The zero-order valence-corrected chi connectivity index (χ0v) is 13.8. The fourth-order valence-corrected chi connectivity index (χ4v) is 2.96. The molecule has 19 heavy (non-hydrogen) atoms. The first-order chi connectivity index (χ1) is 9.11. The molecule has 1 rings (SSSR count). The highest BCUT2D eigenvalue weighted by Gasteiger charge is 2.27. The molecule has 0 heterocycles. The van der Waals surface area contributed by atoms with Gasteiger partial charge >= 0.3 is 0 Å². The maximum absolute atomic E-state index is 11.8. The van der Waals surface area contributed by atoms with Gasteiger partial charge in [-0.3, -0.25) is 4.79 Å². The van der Waals surface area contributed by atoms with E-state index in [9.17, 15) is 4.79 Å². The van der Waals surface area contributed by atoms with Crippen molar-refractivity contribution in [1.29, 1.82) is 0 Å². The molecule has 0 aliphatic heterocycles. The zero-order valence-electron chi connectivity index (χ0n) is 12.2. The highest BCUT2D eigenvalue weighted by Crippen LogP contribution is 2.41. The molecule has 1 nitrogen and oxygen atoms in total. The maximum Gasteiger partial charge on any atom is 0.155 e. The van der Waals surface area contributed by atoms with Crippen LogP contribution >= 0.6 is 15.9 Å². The van der Waals surface area contributed by atoms with Crippen LogP contribution in [0.2, 0.25) is 0 Å². The topological polar surface area (TPSA) is 17.1 Å². The summed E-state index contributed by atoms with van der Waals surface area (Å²) in [6.07, 6.45) is 9.25. The summed E-state index contributed by atoms with van der Waals surface area (Å²) < 4.78 is 0. The highest BCUT2D eigenvalue weighted by atomic mass is 79.9. The lowest BCUT2D eigenvalue weighted by molar-refractivity contribution is -0.113. The summed E-state index contributed by atoms with van der Waals surface area (Å²) in [5.41, 5.74) is 2.68. The lowest BCUT2D eigenvalue weighted by atomic mass is 9.79. The second-order valence-electron chi connectivity index (χ2n) is 5.45. The summed E-state index contributed by atoms with van der Waals surface area (Å²) in [7, 11) is 6.22. The number of hydrogen-bond donors (Lipinski definition) is 0. The second kappa shape index (κ2) is 8.78. The number of rotatable bonds is 9. The zero-order chi connectivity index (χ0) is 14.3. The molecule has 0 bridgehead atoms. The standard InChI is InChI=1S/C16H24BBrO/c1-3-4-5-6-7-8-14(12(2)19)16(17)15(11-18)13-9-10-13/h11,13H,3-10H2,1-2H3/b15-11+,16-14+. The largest absolute Gasteiger partial charge is 0.295 e. The first-order valence-electron chi connectivity index (χ1n) is 7.42. The molecule has 0 atom stereocenters. The maximum atomic E-state index is 11.8. The molecule has 1 aliphatic rings. The van der Waals surface area contributed by atoms with E-state index in [1.165, 1.54) is 38.5 Å². The molecule has 2 radical (unpaired) electrons. The van der Waals surface area contributed by atoms with Crippen molar-refractivity contribution in [2.45, 2.75) is 65.2 Å². The lowest BCUT2D eigenvalue weighted by Crippen LogP contribution is -2.05. The van der Waals surface area contributed by atoms with Crippen LogP contribution in [0.3, 0.4) is 0 Å². The summed E-state index contributed by atoms with van der Waals surface area (Å²) in [5, 5.41) is 0. The molecule has 3 heteroatoms. The van der Waals surface area contributed by atoms with Gasteiger partial charge in [-0.25, -0.2) is 0 Å². The fourth-order valence-electron chi connectivity index (χ4n) is 2.34. The van der Waals surface area contributed by atoms with Crippen LogP contribution < -0.4 is 0 Å². The number of halogens is 1. The van der Waals surface area contributed by atoms with E-state index >= 15 is 0 Å². The van der Waals surface area contributed by atoms with Gasteiger partial charge in [0.25, 0.3) is 0 Å². The quantitative estimate of drug-likeness (QED) is 0.251. The van der Waals surface area contributed by atoms with E-state index < -0.39 is 0 Å². The van der Waals surface area contributed by atoms with Gasteiger partial charge in [-0.15, -0.1) is 0 Å². The third-order valence-electron chi connectivity index (χ3n) is 3.73. The predicted molar refractivity (Wildman–Crippen MR) is 86.6 cm³/mol. The number of unbranched alkanes of at least 4 members (excludes halogenated alkanes) is 4. The van der Waals surface area contributed by atoms with Crippen LogP contribution in [0.25, 0.3) is 0 Å². The molecule has 0 spiro atoms. The van der Waals surface area contributed by atoms with Crippen molar-refractivity contribution in [2.75, 3.05) is 0 Å². The number of ketones is 1. The van der Waals surface area contributed by atoms with E-state index in [4.69, 9.17) is 7.85 Å². The van der Waals surface area contributed by atoms with Gasteiger partial charge in [-0.2, -0.15) is 0 Å². The van der Waals surface area contributed by atoms with Crippen molar-refractivity contribution in [3.8, 4) is 0 Å². The van der Waals surface area contributed by atoms with Crippen LogP contribution in [0.5, 0.6) is 0 Å². The summed E-state index contributed by atoms with van der Waals surface area (Å²) in [4.78, 5) is 13.7. The Morgan fingerprint density at radius 1 is 1.26 bits per heavy atom. The molecular formula is C16H24BBrO. The van der Waals surface area contributed by atoms with Crippen molar-refractivity contribution >= 4 is 29.6 Å². The summed E-state index contributed by atoms with van der Waals surface area (Å²) in [6, 6.07) is 0. The van der Waals surface area contributed by atoms with Crippen LogP contribution in [0.1, 0.15) is 65.2 Å². The van der Waals surface area contributed by atoms with E-state index in [0.29, 0.717) is 5.92 Å². The lowest BCUT2D eigenvalue weighted by Gasteiger charge is -2.13. The average molecular weight is 323 g/mol. The van der Waals surface area contributed by atoms with Crippen LogP contribution in [0.15, 0.2) is 21.6 Å². The highest BCUT2D eigenvalue weighted by molar-refractivity contribution is 9.11. The van der Waals surface area contributed by atoms with Gasteiger partial charge in [0.05, 0.1) is 0 Å². The fraction of sp³-hybridized carbons (Fsp3) is 0.688. The Balaban J connectivity index is 2.61. The normalized spacial score (nSPS) is 17.3. The molecule has 0 amide bonds. The van der Waals surface area contributed by atoms with Gasteiger partial charge in [0, 0.05) is 0 Å². The Hall–Kier alpha value is -0.305. The molecule has 1 aliphatic carbocycles. The van der Waals surface area contributed by atoms with Gasteiger partial charge in [-0.1, -0.05) is 54.0 Å². The SMILES string of the molecule is [B]C(=C(\CCCCCCC)C(C)=O)/C(=C/Br)C1CC1. The van der Waals surface area contributed by atoms with Gasteiger partial charge in [0.1, 0.15) is 7.85 Å². The van der Waals surface area contributed by atoms with Gasteiger partial charge in [-0.05, 0) is 54.7 Å². The van der Waals surface area contributed by atoms with Crippen LogP contribution in [0.4, 0.5) is 0 Å². The Morgan fingerprint density at radius 3 is 2.37 bits per heavy atom. The number of Topliss-reactive ketones (excluding diaryl/α,β-unsaturated/α-hetero) is 1. The second-order valence-corrected chi connectivity index (χ2v) is 5.91. The molecule has 104 valence electrons. The Morgan fingerprint density at radius 2 is 1.89 bits per heavy atom. The molecule has 0 aromatic rings. The summed E-state index contributed by atoms with van der Waals surface area (Å²) >= 11 is 3.39. The monoisotopic (exact) mass is 322 g/mol. The Kier molecular flexibility index (Phi) is 7.74. The van der Waals surface area contributed by atoms with Gasteiger partial charge in [0.2, 0.25) is 0 Å². The average Bonchev–Trinajstić information content (AvgIpc) is 3.18. The molecule has 0 N–H and O–H groups in total. The van der Waals surface area contributed by atoms with Crippen molar-refractivity contribution in [3.05, 3.63) is 21.6 Å². The molecule has 1 saturated carbocycles. The van der Waals surface area contributed by atoms with Gasteiger partial charge in [0.15, 0.2) is 5.78 Å². The van der Waals surface area contributed by atoms with Crippen molar-refractivity contribution < 1.29 is 4.79 Å². The van der Waals surface area contributed by atoms with Crippen LogP contribution in [-0.2, 0) is 4.79 Å². The minimum Gasteiger partial charge on any atom is -0.295 e. The first kappa shape index (κ1) is 16.7. The first-order valence-corrected chi connectivity index (χ1v) is 8.33. The van der Waals surface area contributed by atoms with E-state index in [-0.39, 0.29) is 5.78 Å². The minimum absolute atomic E-state index is 0.125.